The molecule has 5 nitrogen and oxygen atoms in total. The number of nitrogens with one attached hydrogen (secondary N) is 2. The summed E-state index contributed by atoms with van der Waals surface area (Å²) in [6.07, 6.45) is 1.74. The second-order valence-corrected chi connectivity index (χ2v) is 6.53. The van der Waals surface area contributed by atoms with Gasteiger partial charge in [0.15, 0.2) is 4.34 Å². The molecule has 2 rings (SSSR count). The summed E-state index contributed by atoms with van der Waals surface area (Å²) in [6, 6.07) is 7.03. The highest BCUT2D eigenvalue weighted by Gasteiger charge is 2.08. The van der Waals surface area contributed by atoms with E-state index < -0.39 is 0 Å². The maximum Gasteiger partial charge on any atom is 0.234 e. The minimum atomic E-state index is -0.113. The lowest BCUT2D eigenvalue weighted by Crippen LogP contribution is -2.13. The first-order valence-corrected chi connectivity index (χ1v) is 8.22. The van der Waals surface area contributed by atoms with Gasteiger partial charge in [-0.15, -0.1) is 16.8 Å². The van der Waals surface area contributed by atoms with Gasteiger partial charge in [-0.25, -0.2) is 0 Å². The van der Waals surface area contributed by atoms with Crippen molar-refractivity contribution >= 4 is 51.4 Å². The summed E-state index contributed by atoms with van der Waals surface area (Å²) >= 11 is 8.60. The number of hydrogen-bond acceptors (Lipinski definition) is 6. The number of rotatable bonds is 7. The molecule has 110 valence electrons. The molecule has 2 N–H and O–H groups in total. The molecular weight excluding hydrogens is 328 g/mol. The van der Waals surface area contributed by atoms with Gasteiger partial charge in [0, 0.05) is 17.3 Å². The van der Waals surface area contributed by atoms with Crippen LogP contribution in [0.15, 0.2) is 41.3 Å². The van der Waals surface area contributed by atoms with Crippen LogP contribution in [0.1, 0.15) is 0 Å². The standard InChI is InChI=1S/C13H13ClN4OS2/c1-2-6-15-12-17-18-13(21-12)20-8-11(19)16-10-5-3-4-9(14)7-10/h2-5,7H,1,6,8H2,(H,15,17)(H,16,19). The van der Waals surface area contributed by atoms with E-state index in [4.69, 9.17) is 11.6 Å². The average Bonchev–Trinajstić information content (AvgIpc) is 2.91. The van der Waals surface area contributed by atoms with Crippen molar-refractivity contribution in [1.82, 2.24) is 10.2 Å². The Morgan fingerprint density at radius 2 is 2.33 bits per heavy atom. The van der Waals surface area contributed by atoms with Crippen LogP contribution >= 0.6 is 34.7 Å². The van der Waals surface area contributed by atoms with Crippen LogP contribution in [0.4, 0.5) is 10.8 Å². The zero-order valence-electron chi connectivity index (χ0n) is 11.0. The van der Waals surface area contributed by atoms with E-state index in [1.54, 1.807) is 30.3 Å². The SMILES string of the molecule is C=CCNc1nnc(SCC(=O)Nc2cccc(Cl)c2)s1. The summed E-state index contributed by atoms with van der Waals surface area (Å²) in [5, 5.41) is 15.1. The van der Waals surface area contributed by atoms with Crippen molar-refractivity contribution < 1.29 is 4.79 Å². The van der Waals surface area contributed by atoms with Crippen molar-refractivity contribution in [3.05, 3.63) is 41.9 Å². The van der Waals surface area contributed by atoms with Crippen LogP contribution in [-0.2, 0) is 4.79 Å². The highest BCUT2D eigenvalue weighted by atomic mass is 35.5. The van der Waals surface area contributed by atoms with Gasteiger partial charge in [-0.3, -0.25) is 4.79 Å². The molecule has 0 atom stereocenters. The Morgan fingerprint density at radius 1 is 1.48 bits per heavy atom. The fourth-order valence-corrected chi connectivity index (χ4v) is 3.14. The van der Waals surface area contributed by atoms with Crippen LogP contribution in [0.2, 0.25) is 5.02 Å². The molecule has 1 aromatic carbocycles. The monoisotopic (exact) mass is 340 g/mol. The van der Waals surface area contributed by atoms with Gasteiger partial charge in [-0.05, 0) is 18.2 Å². The van der Waals surface area contributed by atoms with E-state index in [2.05, 4.69) is 27.4 Å². The van der Waals surface area contributed by atoms with E-state index in [1.807, 2.05) is 0 Å². The summed E-state index contributed by atoms with van der Waals surface area (Å²) < 4.78 is 0.739. The lowest BCUT2D eigenvalue weighted by atomic mass is 10.3. The van der Waals surface area contributed by atoms with Gasteiger partial charge in [-0.1, -0.05) is 46.8 Å². The first-order chi connectivity index (χ1) is 10.2. The molecule has 0 radical (unpaired) electrons. The molecule has 0 aliphatic rings. The van der Waals surface area contributed by atoms with Crippen molar-refractivity contribution in [1.29, 1.82) is 0 Å². The zero-order valence-corrected chi connectivity index (χ0v) is 13.4. The Hall–Kier alpha value is -1.57. The molecule has 0 aliphatic carbocycles. The Morgan fingerprint density at radius 3 is 3.10 bits per heavy atom. The van der Waals surface area contributed by atoms with Crippen LogP contribution in [0, 0.1) is 0 Å². The van der Waals surface area contributed by atoms with Gasteiger partial charge in [0.25, 0.3) is 0 Å². The van der Waals surface area contributed by atoms with E-state index >= 15 is 0 Å². The van der Waals surface area contributed by atoms with E-state index in [0.717, 1.165) is 4.34 Å². The van der Waals surface area contributed by atoms with Gasteiger partial charge < -0.3 is 10.6 Å². The normalized spacial score (nSPS) is 10.1. The summed E-state index contributed by atoms with van der Waals surface area (Å²) in [7, 11) is 0. The van der Waals surface area contributed by atoms with Gasteiger partial charge in [0.2, 0.25) is 11.0 Å². The van der Waals surface area contributed by atoms with Crippen molar-refractivity contribution in [3.8, 4) is 0 Å². The third-order valence-corrected chi connectivity index (χ3v) is 4.49. The number of aromatic nitrogens is 2. The second-order valence-electron chi connectivity index (χ2n) is 3.89. The molecule has 0 saturated heterocycles. The summed E-state index contributed by atoms with van der Waals surface area (Å²) in [5.74, 6) is 0.154. The molecule has 0 aliphatic heterocycles. The molecule has 1 heterocycles. The summed E-state index contributed by atoms with van der Waals surface area (Å²) in [4.78, 5) is 11.8. The van der Waals surface area contributed by atoms with Gasteiger partial charge in [0.1, 0.15) is 0 Å². The largest absolute Gasteiger partial charge is 0.357 e. The molecule has 0 bridgehead atoms. The Labute approximate surface area is 135 Å². The highest BCUT2D eigenvalue weighted by Crippen LogP contribution is 2.25. The van der Waals surface area contributed by atoms with Gasteiger partial charge >= 0.3 is 0 Å². The molecule has 2 aromatic rings. The fraction of sp³-hybridized carbons (Fsp3) is 0.154. The van der Waals surface area contributed by atoms with E-state index in [-0.39, 0.29) is 11.7 Å². The highest BCUT2D eigenvalue weighted by molar-refractivity contribution is 8.01. The van der Waals surface area contributed by atoms with Crippen molar-refractivity contribution in [2.75, 3.05) is 22.9 Å². The number of thioether (sulfide) groups is 1. The predicted octanol–water partition coefficient (Wildman–Crippen LogP) is 3.52. The van der Waals surface area contributed by atoms with Crippen LogP contribution in [0.5, 0.6) is 0 Å². The quantitative estimate of drug-likeness (QED) is 0.596. The van der Waals surface area contributed by atoms with Crippen molar-refractivity contribution in [3.63, 3.8) is 0 Å². The molecule has 0 spiro atoms. The number of anilines is 2. The predicted molar refractivity (Wildman–Crippen MR) is 89.4 cm³/mol. The van der Waals surface area contributed by atoms with Crippen LogP contribution < -0.4 is 10.6 Å². The number of hydrogen-bond donors (Lipinski definition) is 2. The number of benzene rings is 1. The molecule has 1 aromatic heterocycles. The van der Waals surface area contributed by atoms with Crippen molar-refractivity contribution in [2.45, 2.75) is 4.34 Å². The van der Waals surface area contributed by atoms with Crippen LogP contribution in [0.25, 0.3) is 0 Å². The lowest BCUT2D eigenvalue weighted by Gasteiger charge is -2.04. The topological polar surface area (TPSA) is 66.9 Å². The fourth-order valence-electron chi connectivity index (χ4n) is 1.39. The summed E-state index contributed by atoms with van der Waals surface area (Å²) in [6.45, 7) is 4.25. The molecule has 8 heteroatoms. The first-order valence-electron chi connectivity index (χ1n) is 6.04. The zero-order chi connectivity index (χ0) is 15.1. The van der Waals surface area contributed by atoms with Crippen LogP contribution in [0.3, 0.4) is 0 Å². The second kappa shape index (κ2) is 8.02. The molecule has 1 amide bonds. The smallest absolute Gasteiger partial charge is 0.234 e. The lowest BCUT2D eigenvalue weighted by molar-refractivity contribution is -0.113. The minimum Gasteiger partial charge on any atom is -0.357 e. The minimum absolute atomic E-state index is 0.113. The van der Waals surface area contributed by atoms with E-state index in [0.29, 0.717) is 22.4 Å². The number of amides is 1. The molecule has 0 unspecified atom stereocenters. The number of carbonyl (C=O) groups is 1. The van der Waals surface area contributed by atoms with Gasteiger partial charge in [-0.2, -0.15) is 0 Å². The van der Waals surface area contributed by atoms with Crippen molar-refractivity contribution in [2.24, 2.45) is 0 Å². The molecule has 21 heavy (non-hydrogen) atoms. The van der Waals surface area contributed by atoms with Gasteiger partial charge in [0.05, 0.1) is 5.75 Å². The maximum atomic E-state index is 11.8. The average molecular weight is 341 g/mol. The molecular formula is C13H13ClN4OS2. The maximum absolute atomic E-state index is 11.8. The number of halogens is 1. The van der Waals surface area contributed by atoms with Crippen LogP contribution in [-0.4, -0.2) is 28.4 Å². The Balaban J connectivity index is 1.81. The van der Waals surface area contributed by atoms with E-state index in [1.165, 1.54) is 23.1 Å². The molecule has 0 fully saturated rings. The third kappa shape index (κ3) is 5.37. The number of carbonyl (C=O) groups excluding carboxylic acids is 1. The molecule has 0 saturated carbocycles. The third-order valence-electron chi connectivity index (χ3n) is 2.24. The number of nitrogens with zero attached hydrogens (tertiary/aromatic N) is 2. The Kier molecular flexibility index (Phi) is 6.04. The first kappa shape index (κ1) is 15.8. The summed E-state index contributed by atoms with van der Waals surface area (Å²) in [5.41, 5.74) is 0.679. The Bertz CT molecular complexity index is 632. The van der Waals surface area contributed by atoms with E-state index in [9.17, 15) is 4.79 Å².